The van der Waals surface area contributed by atoms with E-state index in [4.69, 9.17) is 0 Å². The fourth-order valence-corrected chi connectivity index (χ4v) is 3.20. The van der Waals surface area contributed by atoms with Gasteiger partial charge in [0.15, 0.2) is 0 Å². The van der Waals surface area contributed by atoms with Gasteiger partial charge >= 0.3 is 6.61 Å². The summed E-state index contributed by atoms with van der Waals surface area (Å²) >= 11 is 0. The highest BCUT2D eigenvalue weighted by atomic mass is 19.3. The predicted molar refractivity (Wildman–Crippen MR) is 80.7 cm³/mol. The summed E-state index contributed by atoms with van der Waals surface area (Å²) < 4.78 is 28.6. The van der Waals surface area contributed by atoms with Gasteiger partial charge in [-0.2, -0.15) is 8.78 Å². The summed E-state index contributed by atoms with van der Waals surface area (Å²) in [5.41, 5.74) is 1.11. The van der Waals surface area contributed by atoms with Crippen LogP contribution in [0.3, 0.4) is 0 Å². The zero-order valence-corrected chi connectivity index (χ0v) is 12.8. The van der Waals surface area contributed by atoms with Crippen molar-refractivity contribution in [3.8, 4) is 5.75 Å². The van der Waals surface area contributed by atoms with E-state index in [-0.39, 0.29) is 11.8 Å². The van der Waals surface area contributed by atoms with Crippen molar-refractivity contribution < 1.29 is 13.5 Å². The highest BCUT2D eigenvalue weighted by molar-refractivity contribution is 5.29. The molecule has 1 aromatic carbocycles. The van der Waals surface area contributed by atoms with E-state index in [0.29, 0.717) is 6.04 Å². The Balaban J connectivity index is 1.89. The summed E-state index contributed by atoms with van der Waals surface area (Å²) in [7, 11) is 0. The van der Waals surface area contributed by atoms with Gasteiger partial charge in [0.05, 0.1) is 0 Å². The van der Waals surface area contributed by atoms with Crippen molar-refractivity contribution in [2.45, 2.75) is 64.6 Å². The molecule has 0 radical (unpaired) electrons. The van der Waals surface area contributed by atoms with Gasteiger partial charge < -0.3 is 10.1 Å². The average molecular weight is 297 g/mol. The van der Waals surface area contributed by atoms with Gasteiger partial charge in [-0.3, -0.25) is 0 Å². The highest BCUT2D eigenvalue weighted by Crippen LogP contribution is 2.28. The first-order valence-electron chi connectivity index (χ1n) is 7.89. The van der Waals surface area contributed by atoms with E-state index in [9.17, 15) is 8.78 Å². The molecule has 0 amide bonds. The van der Waals surface area contributed by atoms with Crippen LogP contribution in [-0.2, 0) is 0 Å². The van der Waals surface area contributed by atoms with Crippen molar-refractivity contribution in [3.05, 3.63) is 29.8 Å². The number of ether oxygens (including phenoxy) is 1. The molecular formula is C17H25F2NO. The van der Waals surface area contributed by atoms with Gasteiger partial charge in [0.1, 0.15) is 5.75 Å². The lowest BCUT2D eigenvalue weighted by molar-refractivity contribution is -0.0498. The molecule has 2 rings (SSSR count). The minimum Gasteiger partial charge on any atom is -0.435 e. The molecule has 2 nitrogen and oxygen atoms in total. The van der Waals surface area contributed by atoms with Gasteiger partial charge in [-0.05, 0) is 43.4 Å². The number of rotatable bonds is 6. The molecule has 0 heterocycles. The van der Waals surface area contributed by atoms with E-state index >= 15 is 0 Å². The minimum absolute atomic E-state index is 0.213. The van der Waals surface area contributed by atoms with Crippen LogP contribution in [0.5, 0.6) is 5.75 Å². The van der Waals surface area contributed by atoms with E-state index in [1.807, 2.05) is 12.1 Å². The van der Waals surface area contributed by atoms with E-state index in [2.05, 4.69) is 23.9 Å². The van der Waals surface area contributed by atoms with Crippen molar-refractivity contribution in [2.75, 3.05) is 0 Å². The molecule has 0 aliphatic heterocycles. The number of alkyl halides is 2. The maximum absolute atomic E-state index is 12.1. The fraction of sp³-hybridized carbons (Fsp3) is 0.647. The molecule has 1 fully saturated rings. The predicted octanol–water partition coefficient (Wildman–Crippen LogP) is 4.91. The van der Waals surface area contributed by atoms with Crippen molar-refractivity contribution >= 4 is 0 Å². The van der Waals surface area contributed by atoms with Gasteiger partial charge in [-0.15, -0.1) is 0 Å². The second-order valence-corrected chi connectivity index (χ2v) is 5.97. The Kier molecular flexibility index (Phi) is 5.97. The number of benzene rings is 1. The average Bonchev–Trinajstić information content (AvgIpc) is 2.47. The monoisotopic (exact) mass is 297 g/mol. The van der Waals surface area contributed by atoms with E-state index in [1.54, 1.807) is 12.1 Å². The molecule has 21 heavy (non-hydrogen) atoms. The lowest BCUT2D eigenvalue weighted by Gasteiger charge is -2.31. The molecule has 1 aliphatic carbocycles. The van der Waals surface area contributed by atoms with Crippen LogP contribution in [-0.4, -0.2) is 12.7 Å². The Morgan fingerprint density at radius 2 is 1.95 bits per heavy atom. The first-order chi connectivity index (χ1) is 10.1. The molecule has 0 spiro atoms. The van der Waals surface area contributed by atoms with E-state index in [0.717, 1.165) is 11.5 Å². The molecule has 3 atom stereocenters. The van der Waals surface area contributed by atoms with Crippen molar-refractivity contribution in [3.63, 3.8) is 0 Å². The van der Waals surface area contributed by atoms with Crippen LogP contribution < -0.4 is 10.1 Å². The summed E-state index contributed by atoms with van der Waals surface area (Å²) in [5.74, 6) is 1.05. The van der Waals surface area contributed by atoms with Gasteiger partial charge in [0, 0.05) is 12.1 Å². The van der Waals surface area contributed by atoms with Crippen LogP contribution in [0, 0.1) is 5.92 Å². The van der Waals surface area contributed by atoms with Gasteiger partial charge in [-0.25, -0.2) is 0 Å². The minimum atomic E-state index is -2.76. The molecule has 0 aromatic heterocycles. The normalized spacial score (nSPS) is 24.0. The first-order valence-corrected chi connectivity index (χ1v) is 7.89. The quantitative estimate of drug-likeness (QED) is 0.805. The van der Waals surface area contributed by atoms with Crippen molar-refractivity contribution in [1.82, 2.24) is 5.32 Å². The largest absolute Gasteiger partial charge is 0.435 e. The van der Waals surface area contributed by atoms with Crippen LogP contribution in [0.15, 0.2) is 24.3 Å². The molecule has 1 aromatic rings. The molecule has 4 heteroatoms. The fourth-order valence-electron chi connectivity index (χ4n) is 3.20. The third-order valence-electron chi connectivity index (χ3n) is 4.45. The Morgan fingerprint density at radius 1 is 1.24 bits per heavy atom. The Labute approximate surface area is 125 Å². The molecule has 118 valence electrons. The maximum atomic E-state index is 12.1. The number of hydrogen-bond acceptors (Lipinski definition) is 2. The second kappa shape index (κ2) is 7.74. The van der Waals surface area contributed by atoms with E-state index in [1.165, 1.54) is 32.1 Å². The molecule has 1 aliphatic rings. The summed E-state index contributed by atoms with van der Waals surface area (Å²) in [6.07, 6.45) is 6.37. The lowest BCUT2D eigenvalue weighted by atomic mass is 9.84. The van der Waals surface area contributed by atoms with E-state index < -0.39 is 6.61 Å². The van der Waals surface area contributed by atoms with Crippen LogP contribution in [0.2, 0.25) is 0 Å². The molecule has 1 N–H and O–H groups in total. The van der Waals surface area contributed by atoms with Crippen LogP contribution in [0.4, 0.5) is 8.78 Å². The molecule has 3 unspecified atom stereocenters. The first kappa shape index (κ1) is 16.2. The van der Waals surface area contributed by atoms with Gasteiger partial charge in [0.2, 0.25) is 0 Å². The SMILES string of the molecule is CCC1CCCC(NC(C)c2ccc(OC(F)F)cc2)C1. The third-order valence-corrected chi connectivity index (χ3v) is 4.45. The number of nitrogens with one attached hydrogen (secondary N) is 1. The van der Waals surface area contributed by atoms with Crippen LogP contribution >= 0.6 is 0 Å². The van der Waals surface area contributed by atoms with Crippen molar-refractivity contribution in [2.24, 2.45) is 5.92 Å². The highest BCUT2D eigenvalue weighted by Gasteiger charge is 2.22. The third kappa shape index (κ3) is 4.95. The second-order valence-electron chi connectivity index (χ2n) is 5.97. The molecule has 0 bridgehead atoms. The Morgan fingerprint density at radius 3 is 2.57 bits per heavy atom. The zero-order chi connectivity index (χ0) is 15.2. The summed E-state index contributed by atoms with van der Waals surface area (Å²) in [4.78, 5) is 0. The standard InChI is InChI=1S/C17H25F2NO/c1-3-13-5-4-6-15(11-13)20-12(2)14-7-9-16(10-8-14)21-17(18)19/h7-10,12-13,15,17,20H,3-6,11H2,1-2H3. The summed E-state index contributed by atoms with van der Waals surface area (Å²) in [5, 5.41) is 3.67. The van der Waals surface area contributed by atoms with Crippen molar-refractivity contribution in [1.29, 1.82) is 0 Å². The lowest BCUT2D eigenvalue weighted by Crippen LogP contribution is -2.35. The molecule has 0 saturated heterocycles. The number of halogens is 2. The summed E-state index contributed by atoms with van der Waals surface area (Å²) in [6, 6.07) is 7.72. The Hall–Kier alpha value is -1.16. The van der Waals surface area contributed by atoms with Crippen LogP contribution in [0.1, 0.15) is 57.6 Å². The maximum Gasteiger partial charge on any atom is 0.387 e. The van der Waals surface area contributed by atoms with Gasteiger partial charge in [-0.1, -0.05) is 38.3 Å². The Bertz CT molecular complexity index is 421. The summed E-state index contributed by atoms with van der Waals surface area (Å²) in [6.45, 7) is 1.62. The zero-order valence-electron chi connectivity index (χ0n) is 12.8. The number of hydrogen-bond donors (Lipinski definition) is 1. The molecular weight excluding hydrogens is 272 g/mol. The van der Waals surface area contributed by atoms with Crippen LogP contribution in [0.25, 0.3) is 0 Å². The topological polar surface area (TPSA) is 21.3 Å². The van der Waals surface area contributed by atoms with Gasteiger partial charge in [0.25, 0.3) is 0 Å². The smallest absolute Gasteiger partial charge is 0.387 e. The molecule has 1 saturated carbocycles.